The normalized spacial score (nSPS) is 18.2. The second kappa shape index (κ2) is 8.95. The molecule has 0 radical (unpaired) electrons. The monoisotopic (exact) mass is 248 g/mol. The number of rotatable bonds is 9. The lowest BCUT2D eigenvalue weighted by atomic mass is 9.93. The molecule has 2 heteroatoms. The lowest BCUT2D eigenvalue weighted by Crippen LogP contribution is -2.26. The highest BCUT2D eigenvalue weighted by Crippen LogP contribution is 2.50. The fraction of sp³-hybridized carbons (Fsp3) is 1.00. The highest BCUT2D eigenvalue weighted by Gasteiger charge is 2.30. The van der Waals surface area contributed by atoms with Gasteiger partial charge < -0.3 is 0 Å². The van der Waals surface area contributed by atoms with Gasteiger partial charge >= 0.3 is 0 Å². The van der Waals surface area contributed by atoms with Gasteiger partial charge in [-0.3, -0.25) is 0 Å². The van der Waals surface area contributed by atoms with E-state index in [2.05, 4.69) is 36.9 Å². The summed E-state index contributed by atoms with van der Waals surface area (Å²) in [6.07, 6.45) is 9.61. The molecular weight excluding hydrogens is 218 g/mol. The summed E-state index contributed by atoms with van der Waals surface area (Å²) in [6, 6.07) is 0. The first-order valence-electron chi connectivity index (χ1n) is 6.68. The molecule has 0 heterocycles. The van der Waals surface area contributed by atoms with E-state index in [1.54, 1.807) is 0 Å². The summed E-state index contributed by atoms with van der Waals surface area (Å²) in [5, 5.41) is 0. The highest BCUT2D eigenvalue weighted by molar-refractivity contribution is 7.52. The third kappa shape index (κ3) is 5.65. The van der Waals surface area contributed by atoms with E-state index >= 15 is 0 Å². The molecule has 0 spiro atoms. The Labute approximate surface area is 101 Å². The van der Waals surface area contributed by atoms with E-state index in [4.69, 9.17) is 0 Å². The summed E-state index contributed by atoms with van der Waals surface area (Å²) in [4.78, 5) is 0.565. The van der Waals surface area contributed by atoms with Crippen molar-refractivity contribution < 1.29 is 0 Å². The lowest BCUT2D eigenvalue weighted by molar-refractivity contribution is 0.401. The minimum absolute atomic E-state index is 0.565. The van der Waals surface area contributed by atoms with E-state index in [0.717, 1.165) is 14.5 Å². The molecule has 92 valence electrons. The third-order valence-electron chi connectivity index (χ3n) is 3.23. The molecule has 0 bridgehead atoms. The minimum Gasteiger partial charge on any atom is -0.126 e. The first-order valence-corrected chi connectivity index (χ1v) is 8.46. The van der Waals surface area contributed by atoms with E-state index in [1.807, 2.05) is 0 Å². The van der Waals surface area contributed by atoms with Gasteiger partial charge in [0.2, 0.25) is 0 Å². The van der Waals surface area contributed by atoms with Crippen LogP contribution >= 0.6 is 17.8 Å². The van der Waals surface area contributed by atoms with Crippen molar-refractivity contribution in [2.24, 2.45) is 5.92 Å². The Bertz CT molecular complexity index is 147. The van der Waals surface area contributed by atoms with Crippen molar-refractivity contribution in [1.29, 1.82) is 0 Å². The first kappa shape index (κ1) is 15.9. The fourth-order valence-corrected chi connectivity index (χ4v) is 5.29. The zero-order valence-electron chi connectivity index (χ0n) is 11.1. The molecule has 4 unspecified atom stereocenters. The van der Waals surface area contributed by atoms with Gasteiger partial charge in [0.25, 0.3) is 0 Å². The Balaban J connectivity index is 4.40. The van der Waals surface area contributed by atoms with E-state index in [1.165, 1.54) is 44.7 Å². The lowest BCUT2D eigenvalue weighted by Gasteiger charge is -2.37. The molecule has 15 heavy (non-hydrogen) atoms. The maximum Gasteiger partial charge on any atom is 0.00491 e. The molecule has 0 aliphatic heterocycles. The zero-order valence-corrected chi connectivity index (χ0v) is 13.3. The van der Waals surface area contributed by atoms with Gasteiger partial charge in [-0.2, -0.15) is 0 Å². The maximum absolute atomic E-state index is 3.23. The van der Waals surface area contributed by atoms with Gasteiger partial charge in [-0.1, -0.05) is 53.4 Å². The summed E-state index contributed by atoms with van der Waals surface area (Å²) in [5.74, 6) is 0.928. The molecule has 0 aliphatic carbocycles. The Morgan fingerprint density at radius 1 is 1.07 bits per heavy atom. The third-order valence-corrected chi connectivity index (χ3v) is 6.67. The van der Waals surface area contributed by atoms with Crippen LogP contribution in [-0.4, -0.2) is 11.1 Å². The van der Waals surface area contributed by atoms with Crippen LogP contribution in [0.1, 0.15) is 66.2 Å². The second-order valence-corrected chi connectivity index (χ2v) is 8.00. The predicted octanol–water partition coefficient (Wildman–Crippen LogP) is 5.27. The van der Waals surface area contributed by atoms with Gasteiger partial charge in [0.15, 0.2) is 0 Å². The fourth-order valence-electron chi connectivity index (χ4n) is 2.38. The van der Waals surface area contributed by atoms with E-state index in [0.29, 0.717) is 4.90 Å². The van der Waals surface area contributed by atoms with Crippen LogP contribution in [0.3, 0.4) is 0 Å². The van der Waals surface area contributed by atoms with Crippen LogP contribution in [-0.2, 0) is 0 Å². The molecule has 0 aromatic carbocycles. The molecule has 0 N–H and O–H groups in total. The summed E-state index contributed by atoms with van der Waals surface area (Å²) >= 11 is 0. The summed E-state index contributed by atoms with van der Waals surface area (Å²) in [5.41, 5.74) is 0. The smallest absolute Gasteiger partial charge is 0.00491 e. The van der Waals surface area contributed by atoms with Crippen molar-refractivity contribution in [1.82, 2.24) is 0 Å². The molecule has 0 saturated heterocycles. The highest BCUT2D eigenvalue weighted by atomic mass is 31.1. The Morgan fingerprint density at radius 3 is 2.13 bits per heavy atom. The molecule has 0 aromatic rings. The van der Waals surface area contributed by atoms with Gasteiger partial charge in [-0.05, 0) is 24.9 Å². The molecule has 0 nitrogen and oxygen atoms in total. The van der Waals surface area contributed by atoms with Crippen molar-refractivity contribution in [3.05, 3.63) is 0 Å². The van der Waals surface area contributed by atoms with Crippen molar-refractivity contribution >= 4 is 17.8 Å². The van der Waals surface area contributed by atoms with Crippen LogP contribution in [0.25, 0.3) is 0 Å². The Kier molecular flexibility index (Phi) is 9.46. The minimum atomic E-state index is 0.565. The van der Waals surface area contributed by atoms with Crippen molar-refractivity contribution in [2.75, 3.05) is 6.16 Å². The molecule has 0 amide bonds. The summed E-state index contributed by atoms with van der Waals surface area (Å²) in [6.45, 7) is 9.33. The first-order chi connectivity index (χ1) is 7.14. The molecule has 0 rings (SSSR count). The van der Waals surface area contributed by atoms with Crippen LogP contribution < -0.4 is 0 Å². The topological polar surface area (TPSA) is 0 Å². The molecule has 0 saturated carbocycles. The number of hydrogen-bond acceptors (Lipinski definition) is 0. The van der Waals surface area contributed by atoms with Gasteiger partial charge in [0, 0.05) is 4.90 Å². The van der Waals surface area contributed by atoms with Crippen molar-refractivity contribution in [2.45, 2.75) is 71.1 Å². The van der Waals surface area contributed by atoms with Crippen LogP contribution in [0.15, 0.2) is 0 Å². The van der Waals surface area contributed by atoms with E-state index in [-0.39, 0.29) is 0 Å². The van der Waals surface area contributed by atoms with Gasteiger partial charge in [-0.15, -0.1) is 17.8 Å². The largest absolute Gasteiger partial charge is 0.126 e. The average Bonchev–Trinajstić information content (AvgIpc) is 2.23. The number of hydrogen-bond donors (Lipinski definition) is 0. The summed E-state index contributed by atoms with van der Waals surface area (Å²) in [7, 11) is 4.38. The molecular formula is C13H30P2. The molecule has 0 aromatic heterocycles. The molecule has 4 atom stereocenters. The van der Waals surface area contributed by atoms with Crippen LogP contribution in [0.2, 0.25) is 0 Å². The molecule has 0 aliphatic rings. The second-order valence-electron chi connectivity index (χ2n) is 4.61. The standard InChI is InChI=1S/C13H30P2/c1-5-9-12(8-4)13(14,10-6-2)15-11-7-3/h12,15H,5-11,14H2,1-4H3. The van der Waals surface area contributed by atoms with E-state index < -0.39 is 0 Å². The van der Waals surface area contributed by atoms with Crippen LogP contribution in [0, 0.1) is 5.92 Å². The average molecular weight is 248 g/mol. The van der Waals surface area contributed by atoms with Crippen LogP contribution in [0.5, 0.6) is 0 Å². The van der Waals surface area contributed by atoms with Gasteiger partial charge in [-0.25, -0.2) is 0 Å². The van der Waals surface area contributed by atoms with Crippen molar-refractivity contribution in [3.8, 4) is 0 Å². The maximum atomic E-state index is 3.23. The zero-order chi connectivity index (χ0) is 11.7. The SMILES string of the molecule is CCCPC(P)(CCC)C(CC)CCC. The Hall–Kier alpha value is 0.860. The predicted molar refractivity (Wildman–Crippen MR) is 79.5 cm³/mol. The van der Waals surface area contributed by atoms with E-state index in [9.17, 15) is 0 Å². The quantitative estimate of drug-likeness (QED) is 0.487. The van der Waals surface area contributed by atoms with Crippen molar-refractivity contribution in [3.63, 3.8) is 0 Å². The van der Waals surface area contributed by atoms with Gasteiger partial charge in [0.1, 0.15) is 0 Å². The summed E-state index contributed by atoms with van der Waals surface area (Å²) < 4.78 is 0. The van der Waals surface area contributed by atoms with Crippen LogP contribution in [0.4, 0.5) is 0 Å². The Morgan fingerprint density at radius 2 is 1.73 bits per heavy atom. The molecule has 0 fully saturated rings. The van der Waals surface area contributed by atoms with Gasteiger partial charge in [0.05, 0.1) is 0 Å².